The lowest BCUT2D eigenvalue weighted by molar-refractivity contribution is -0.140. The highest BCUT2D eigenvalue weighted by molar-refractivity contribution is 5.95. The van der Waals surface area contributed by atoms with Crippen LogP contribution in [0, 0.1) is 0 Å². The Kier molecular flexibility index (Phi) is 4.55. The van der Waals surface area contributed by atoms with Crippen molar-refractivity contribution in [2.24, 2.45) is 0 Å². The van der Waals surface area contributed by atoms with Crippen LogP contribution in [-0.4, -0.2) is 37.2 Å². The van der Waals surface area contributed by atoms with Crippen molar-refractivity contribution < 1.29 is 9.53 Å². The molecule has 1 spiro atoms. The van der Waals surface area contributed by atoms with Crippen molar-refractivity contribution >= 4 is 11.6 Å². The van der Waals surface area contributed by atoms with Crippen molar-refractivity contribution in [3.63, 3.8) is 0 Å². The van der Waals surface area contributed by atoms with E-state index in [1.807, 2.05) is 41.3 Å². The van der Waals surface area contributed by atoms with Gasteiger partial charge in [0.2, 0.25) is 0 Å². The first-order valence-electron chi connectivity index (χ1n) is 9.04. The summed E-state index contributed by atoms with van der Waals surface area (Å²) in [5.74, 6) is 0.0468. The van der Waals surface area contributed by atoms with Crippen LogP contribution in [0.5, 0.6) is 0 Å². The minimum absolute atomic E-state index is 0.0468. The number of nitrogens with zero attached hydrogens (tertiary/aromatic N) is 1. The van der Waals surface area contributed by atoms with Gasteiger partial charge >= 0.3 is 0 Å². The lowest BCUT2D eigenvalue weighted by atomic mass is 9.88. The molecule has 2 fully saturated rings. The molecule has 2 atom stereocenters. The second kappa shape index (κ2) is 6.98. The number of hydrogen-bond acceptors (Lipinski definition) is 3. The van der Waals surface area contributed by atoms with Gasteiger partial charge in [-0.2, -0.15) is 0 Å². The lowest BCUT2D eigenvalue weighted by Crippen LogP contribution is -2.60. The first-order chi connectivity index (χ1) is 12.3. The van der Waals surface area contributed by atoms with E-state index in [2.05, 4.69) is 29.6 Å². The minimum Gasteiger partial charge on any atom is -0.362 e. The Balaban J connectivity index is 1.50. The predicted molar refractivity (Wildman–Crippen MR) is 98.6 cm³/mol. The van der Waals surface area contributed by atoms with E-state index in [1.165, 1.54) is 5.56 Å². The topological polar surface area (TPSA) is 41.6 Å². The van der Waals surface area contributed by atoms with Crippen molar-refractivity contribution in [1.29, 1.82) is 0 Å². The normalized spacial score (nSPS) is 26.3. The zero-order valence-electron chi connectivity index (χ0n) is 14.4. The molecule has 1 amide bonds. The number of carbonyl (C=O) groups is 1. The molecule has 2 aromatic rings. The number of morpholine rings is 1. The number of aryl methyl sites for hydroxylation is 1. The highest BCUT2D eigenvalue weighted by Crippen LogP contribution is 2.34. The standard InChI is InChI=1S/C21H24N2O2/c24-20-15-25-21(16-23(20)18-9-5-2-6-10-18)13-14-22-19(21)12-11-17-7-3-1-4-8-17/h1-10,19,22H,11-16H2. The molecule has 0 radical (unpaired) electrons. The third kappa shape index (κ3) is 3.32. The molecular weight excluding hydrogens is 312 g/mol. The summed E-state index contributed by atoms with van der Waals surface area (Å²) in [6.07, 6.45) is 2.98. The molecule has 2 aliphatic heterocycles. The summed E-state index contributed by atoms with van der Waals surface area (Å²) in [6.45, 7) is 1.73. The number of nitrogens with one attached hydrogen (secondary N) is 1. The Labute approximate surface area is 148 Å². The second-order valence-corrected chi connectivity index (χ2v) is 6.95. The summed E-state index contributed by atoms with van der Waals surface area (Å²) < 4.78 is 6.14. The molecule has 4 rings (SSSR count). The number of hydrogen-bond donors (Lipinski definition) is 1. The number of anilines is 1. The maximum Gasteiger partial charge on any atom is 0.253 e. The average molecular weight is 336 g/mol. The number of benzene rings is 2. The van der Waals surface area contributed by atoms with Crippen LogP contribution in [-0.2, 0) is 16.0 Å². The van der Waals surface area contributed by atoms with Crippen LogP contribution in [0.3, 0.4) is 0 Å². The van der Waals surface area contributed by atoms with Gasteiger partial charge in [-0.3, -0.25) is 4.79 Å². The van der Waals surface area contributed by atoms with Gasteiger partial charge in [0.25, 0.3) is 5.91 Å². The second-order valence-electron chi connectivity index (χ2n) is 6.95. The van der Waals surface area contributed by atoms with Crippen molar-refractivity contribution in [2.45, 2.75) is 30.9 Å². The number of carbonyl (C=O) groups excluding carboxylic acids is 1. The number of para-hydroxylation sites is 1. The van der Waals surface area contributed by atoms with E-state index in [9.17, 15) is 4.79 Å². The maximum absolute atomic E-state index is 12.4. The van der Waals surface area contributed by atoms with Crippen LogP contribution in [0.15, 0.2) is 60.7 Å². The maximum atomic E-state index is 12.4. The molecule has 0 aromatic heterocycles. The average Bonchev–Trinajstić information content (AvgIpc) is 3.06. The highest BCUT2D eigenvalue weighted by atomic mass is 16.5. The van der Waals surface area contributed by atoms with Crippen LogP contribution in [0.1, 0.15) is 18.4 Å². The summed E-state index contributed by atoms with van der Waals surface area (Å²) in [5, 5.41) is 3.61. The van der Waals surface area contributed by atoms with Crippen LogP contribution < -0.4 is 10.2 Å². The van der Waals surface area contributed by atoms with Crippen LogP contribution in [0.2, 0.25) is 0 Å². The van der Waals surface area contributed by atoms with Crippen molar-refractivity contribution in [3.8, 4) is 0 Å². The molecule has 2 heterocycles. The van der Waals surface area contributed by atoms with Gasteiger partial charge in [0.05, 0.1) is 6.54 Å². The van der Waals surface area contributed by atoms with Crippen molar-refractivity contribution in [3.05, 3.63) is 66.2 Å². The fourth-order valence-electron chi connectivity index (χ4n) is 4.03. The molecule has 0 bridgehead atoms. The molecule has 25 heavy (non-hydrogen) atoms. The Bertz CT molecular complexity index is 719. The summed E-state index contributed by atoms with van der Waals surface area (Å²) in [7, 11) is 0. The molecule has 130 valence electrons. The van der Waals surface area contributed by atoms with E-state index in [0.29, 0.717) is 6.54 Å². The van der Waals surface area contributed by atoms with Crippen molar-refractivity contribution in [1.82, 2.24) is 5.32 Å². The molecule has 1 N–H and O–H groups in total. The third-order valence-electron chi connectivity index (χ3n) is 5.42. The Morgan fingerprint density at radius 1 is 1.08 bits per heavy atom. The third-order valence-corrected chi connectivity index (χ3v) is 5.42. The van der Waals surface area contributed by atoms with E-state index in [-0.39, 0.29) is 24.2 Å². The number of rotatable bonds is 4. The zero-order chi connectivity index (χ0) is 17.1. The minimum atomic E-state index is -0.279. The highest BCUT2D eigenvalue weighted by Gasteiger charge is 2.48. The summed E-state index contributed by atoms with van der Waals surface area (Å²) in [5.41, 5.74) is 2.03. The Hall–Kier alpha value is -2.17. The molecule has 4 heteroatoms. The summed E-state index contributed by atoms with van der Waals surface area (Å²) in [4.78, 5) is 14.3. The van der Waals surface area contributed by atoms with Gasteiger partial charge in [-0.1, -0.05) is 48.5 Å². The SMILES string of the molecule is O=C1COC2(CCNC2CCc2ccccc2)CN1c1ccccc1. The molecule has 0 saturated carbocycles. The van der Waals surface area contributed by atoms with E-state index >= 15 is 0 Å². The first kappa shape index (κ1) is 16.3. The van der Waals surface area contributed by atoms with Gasteiger partial charge in [0.15, 0.2) is 0 Å². The summed E-state index contributed by atoms with van der Waals surface area (Å²) in [6, 6.07) is 20.8. The van der Waals surface area contributed by atoms with Gasteiger partial charge in [0.1, 0.15) is 12.2 Å². The molecule has 4 nitrogen and oxygen atoms in total. The number of amides is 1. The van der Waals surface area contributed by atoms with Crippen LogP contribution in [0.25, 0.3) is 0 Å². The molecule has 2 aliphatic rings. The fraction of sp³-hybridized carbons (Fsp3) is 0.381. The van der Waals surface area contributed by atoms with E-state index in [1.54, 1.807) is 0 Å². The molecule has 2 unspecified atom stereocenters. The van der Waals surface area contributed by atoms with Gasteiger partial charge in [-0.05, 0) is 43.5 Å². The van der Waals surface area contributed by atoms with Crippen LogP contribution >= 0.6 is 0 Å². The Morgan fingerprint density at radius 3 is 2.56 bits per heavy atom. The van der Waals surface area contributed by atoms with Gasteiger partial charge in [0, 0.05) is 11.7 Å². The van der Waals surface area contributed by atoms with E-state index in [0.717, 1.165) is 31.5 Å². The smallest absolute Gasteiger partial charge is 0.253 e. The Morgan fingerprint density at radius 2 is 1.80 bits per heavy atom. The first-order valence-corrected chi connectivity index (χ1v) is 9.04. The van der Waals surface area contributed by atoms with Gasteiger partial charge in [-0.15, -0.1) is 0 Å². The predicted octanol–water partition coefficient (Wildman–Crippen LogP) is 2.78. The van der Waals surface area contributed by atoms with E-state index < -0.39 is 0 Å². The quantitative estimate of drug-likeness (QED) is 0.933. The van der Waals surface area contributed by atoms with E-state index in [4.69, 9.17) is 4.74 Å². The zero-order valence-corrected chi connectivity index (χ0v) is 14.4. The molecule has 2 aromatic carbocycles. The van der Waals surface area contributed by atoms with Gasteiger partial charge < -0.3 is 15.0 Å². The monoisotopic (exact) mass is 336 g/mol. The number of ether oxygens (including phenoxy) is 1. The molecular formula is C21H24N2O2. The fourth-order valence-corrected chi connectivity index (χ4v) is 4.03. The summed E-state index contributed by atoms with van der Waals surface area (Å²) >= 11 is 0. The molecule has 2 saturated heterocycles. The van der Waals surface area contributed by atoms with Crippen LogP contribution in [0.4, 0.5) is 5.69 Å². The lowest BCUT2D eigenvalue weighted by Gasteiger charge is -2.43. The van der Waals surface area contributed by atoms with Gasteiger partial charge in [-0.25, -0.2) is 0 Å². The molecule has 0 aliphatic carbocycles. The largest absolute Gasteiger partial charge is 0.362 e. The van der Waals surface area contributed by atoms with Crippen molar-refractivity contribution in [2.75, 3.05) is 24.6 Å².